The number of hydrogen-bond donors (Lipinski definition) is 4. The number of rotatable bonds is 6. The lowest BCUT2D eigenvalue weighted by Crippen LogP contribution is -2.40. The molecule has 1 saturated heterocycles. The number of aliphatic hydroxyl groups excluding tert-OH is 1. The van der Waals surface area contributed by atoms with E-state index in [1.807, 2.05) is 12.1 Å². The normalized spacial score (nSPS) is 20.5. The summed E-state index contributed by atoms with van der Waals surface area (Å²) in [6, 6.07) is 13.2. The Morgan fingerprint density at radius 2 is 2.08 bits per heavy atom. The Hall–Kier alpha value is -4.14. The van der Waals surface area contributed by atoms with E-state index >= 15 is 0 Å². The summed E-state index contributed by atoms with van der Waals surface area (Å²) in [6.07, 6.45) is -0.334. The summed E-state index contributed by atoms with van der Waals surface area (Å²) < 4.78 is 10.7. The fraction of sp³-hybridized carbons (Fsp3) is 0.360. The molecule has 1 aliphatic carbocycles. The number of nitrogens with one attached hydrogen (secondary N) is 2. The van der Waals surface area contributed by atoms with Crippen LogP contribution in [-0.4, -0.2) is 67.1 Å². The van der Waals surface area contributed by atoms with Crippen molar-refractivity contribution >= 4 is 29.8 Å². The largest absolute Gasteiger partial charge is 0.483 e. The molecular formula is C25H26N4O7. The van der Waals surface area contributed by atoms with Gasteiger partial charge in [0, 0.05) is 12.2 Å². The highest BCUT2D eigenvalue weighted by atomic mass is 16.6. The number of fused-ring (bicyclic) bond motifs is 2. The minimum Gasteiger partial charge on any atom is -0.483 e. The van der Waals surface area contributed by atoms with Crippen LogP contribution >= 0.6 is 0 Å². The number of hydrogen-bond acceptors (Lipinski definition) is 8. The molecule has 11 nitrogen and oxygen atoms in total. The minimum absolute atomic E-state index is 0.0359. The molecule has 1 unspecified atom stereocenters. The first kappa shape index (κ1) is 25.0. The molecule has 36 heavy (non-hydrogen) atoms. The van der Waals surface area contributed by atoms with Gasteiger partial charge in [-0.15, -0.1) is 0 Å². The van der Waals surface area contributed by atoms with Crippen molar-refractivity contribution in [3.8, 4) is 11.8 Å². The summed E-state index contributed by atoms with van der Waals surface area (Å²) in [6.45, 7) is 0.908. The summed E-state index contributed by atoms with van der Waals surface area (Å²) >= 11 is 0. The van der Waals surface area contributed by atoms with Crippen molar-refractivity contribution in [2.75, 3.05) is 36.5 Å². The monoisotopic (exact) mass is 494 g/mol. The van der Waals surface area contributed by atoms with Crippen molar-refractivity contribution in [2.24, 2.45) is 5.92 Å². The van der Waals surface area contributed by atoms with E-state index in [4.69, 9.17) is 19.4 Å². The molecule has 0 saturated carbocycles. The second-order valence-corrected chi connectivity index (χ2v) is 8.71. The summed E-state index contributed by atoms with van der Waals surface area (Å²) in [5.74, 6) is 0.650. The molecule has 2 aromatic carbocycles. The van der Waals surface area contributed by atoms with Gasteiger partial charge in [0.25, 0.3) is 12.4 Å². The number of aliphatic hydroxyl groups is 1. The van der Waals surface area contributed by atoms with Crippen LogP contribution in [0.3, 0.4) is 0 Å². The second-order valence-electron chi connectivity index (χ2n) is 8.71. The summed E-state index contributed by atoms with van der Waals surface area (Å²) in [4.78, 5) is 33.8. The zero-order valence-corrected chi connectivity index (χ0v) is 19.3. The number of carbonyl (C=O) groups is 3. The van der Waals surface area contributed by atoms with E-state index in [9.17, 15) is 20.0 Å². The van der Waals surface area contributed by atoms with Crippen molar-refractivity contribution in [3.63, 3.8) is 0 Å². The summed E-state index contributed by atoms with van der Waals surface area (Å²) in [7, 11) is 0. The molecular weight excluding hydrogens is 468 g/mol. The van der Waals surface area contributed by atoms with Gasteiger partial charge in [-0.3, -0.25) is 14.5 Å². The number of nitriles is 1. The Balaban J connectivity index is 0.000000967. The maximum atomic E-state index is 12.4. The first-order valence-electron chi connectivity index (χ1n) is 11.5. The van der Waals surface area contributed by atoms with Gasteiger partial charge in [-0.05, 0) is 60.7 Å². The Morgan fingerprint density at radius 1 is 1.28 bits per heavy atom. The SMILES string of the molecule is N#Cc1cccc2c1CC(CNC[C@H](O)[C@@H]1CN(c3ccc4c(c3)NC(=O)CO4)C(=O)O1)C2.O=CO. The van der Waals surface area contributed by atoms with Crippen molar-refractivity contribution in [1.29, 1.82) is 5.26 Å². The number of carbonyl (C=O) groups excluding carboxylic acids is 2. The smallest absolute Gasteiger partial charge is 0.414 e. The third-order valence-corrected chi connectivity index (χ3v) is 6.35. The third kappa shape index (κ3) is 5.40. The van der Waals surface area contributed by atoms with Crippen LogP contribution in [0.15, 0.2) is 36.4 Å². The van der Waals surface area contributed by atoms with E-state index in [2.05, 4.69) is 22.8 Å². The molecule has 2 amide bonds. The lowest BCUT2D eigenvalue weighted by molar-refractivity contribution is -0.123. The van der Waals surface area contributed by atoms with Crippen molar-refractivity contribution in [1.82, 2.24) is 5.32 Å². The molecule has 5 rings (SSSR count). The lowest BCUT2D eigenvalue weighted by Gasteiger charge is -2.21. The molecule has 4 N–H and O–H groups in total. The minimum atomic E-state index is -0.863. The van der Waals surface area contributed by atoms with Gasteiger partial charge in [-0.1, -0.05) is 12.1 Å². The van der Waals surface area contributed by atoms with Gasteiger partial charge in [0.15, 0.2) is 6.61 Å². The molecule has 3 atom stereocenters. The van der Waals surface area contributed by atoms with E-state index in [0.717, 1.165) is 24.0 Å². The molecule has 2 aromatic rings. The standard InChI is InChI=1S/C24H24N4O5.CH2O2/c25-9-16-3-1-2-15-6-14(7-18(15)16)10-26-11-20(29)22-12-28(24(31)33-22)17-4-5-21-19(8-17)27-23(30)13-32-21;2-1-3/h1-5,8,14,20,22,26,29H,6-7,10-13H2,(H,27,30);1H,(H,2,3)/t14?,20-,22-;/m0./s1. The number of nitrogens with zero attached hydrogens (tertiary/aromatic N) is 2. The maximum Gasteiger partial charge on any atom is 0.414 e. The fourth-order valence-corrected chi connectivity index (χ4v) is 4.69. The van der Waals surface area contributed by atoms with Crippen LogP contribution in [0.4, 0.5) is 16.2 Å². The molecule has 0 radical (unpaired) electrons. The Bertz CT molecular complexity index is 1200. The van der Waals surface area contributed by atoms with Crippen LogP contribution in [0.5, 0.6) is 5.75 Å². The molecule has 11 heteroatoms. The quantitative estimate of drug-likeness (QED) is 0.434. The van der Waals surface area contributed by atoms with Crippen LogP contribution in [0.1, 0.15) is 16.7 Å². The van der Waals surface area contributed by atoms with Crippen LogP contribution in [0.2, 0.25) is 0 Å². The highest BCUT2D eigenvalue weighted by molar-refractivity contribution is 5.97. The zero-order valence-electron chi connectivity index (χ0n) is 19.3. The molecule has 0 aromatic heterocycles. The molecule has 0 bridgehead atoms. The number of anilines is 2. The first-order chi connectivity index (χ1) is 17.4. The number of benzene rings is 2. The predicted molar refractivity (Wildman–Crippen MR) is 128 cm³/mol. The molecule has 2 aliphatic heterocycles. The molecule has 1 fully saturated rings. The van der Waals surface area contributed by atoms with E-state index in [1.165, 1.54) is 10.5 Å². The van der Waals surface area contributed by atoms with E-state index < -0.39 is 18.3 Å². The fourth-order valence-electron chi connectivity index (χ4n) is 4.69. The van der Waals surface area contributed by atoms with Crippen LogP contribution in [-0.2, 0) is 27.2 Å². The van der Waals surface area contributed by atoms with Gasteiger partial charge in [-0.2, -0.15) is 5.26 Å². The lowest BCUT2D eigenvalue weighted by atomic mass is 10.0. The zero-order chi connectivity index (χ0) is 25.7. The van der Waals surface area contributed by atoms with Gasteiger partial charge < -0.3 is 30.3 Å². The Kier molecular flexibility index (Phi) is 7.68. The van der Waals surface area contributed by atoms with E-state index in [1.54, 1.807) is 18.2 Å². The maximum absolute atomic E-state index is 12.4. The van der Waals surface area contributed by atoms with Crippen LogP contribution in [0, 0.1) is 17.2 Å². The first-order valence-corrected chi connectivity index (χ1v) is 11.5. The molecule has 3 aliphatic rings. The average Bonchev–Trinajstić information content (AvgIpc) is 3.47. The van der Waals surface area contributed by atoms with Crippen molar-refractivity contribution in [3.05, 3.63) is 53.1 Å². The number of amides is 2. The van der Waals surface area contributed by atoms with Gasteiger partial charge in [0.1, 0.15) is 18.0 Å². The van der Waals surface area contributed by atoms with Crippen LogP contribution < -0.4 is 20.3 Å². The highest BCUT2D eigenvalue weighted by Crippen LogP contribution is 2.34. The summed E-state index contributed by atoms with van der Waals surface area (Å²) in [5, 5.41) is 32.8. The van der Waals surface area contributed by atoms with E-state index in [0.29, 0.717) is 29.6 Å². The average molecular weight is 495 g/mol. The summed E-state index contributed by atoms with van der Waals surface area (Å²) in [5.41, 5.74) is 4.14. The Labute approximate surface area is 207 Å². The topological polar surface area (TPSA) is 161 Å². The molecule has 2 heterocycles. The second kappa shape index (κ2) is 11.1. The number of cyclic esters (lactones) is 1. The number of ether oxygens (including phenoxy) is 2. The van der Waals surface area contributed by atoms with Gasteiger partial charge in [-0.25, -0.2) is 4.79 Å². The van der Waals surface area contributed by atoms with Crippen molar-refractivity contribution in [2.45, 2.75) is 25.0 Å². The van der Waals surface area contributed by atoms with Crippen LogP contribution in [0.25, 0.3) is 0 Å². The number of carboxylic acid groups (broad SMARTS) is 1. The van der Waals surface area contributed by atoms with Gasteiger partial charge in [0.2, 0.25) is 0 Å². The highest BCUT2D eigenvalue weighted by Gasteiger charge is 2.37. The molecule has 188 valence electrons. The van der Waals surface area contributed by atoms with Gasteiger partial charge in [0.05, 0.1) is 23.9 Å². The van der Waals surface area contributed by atoms with E-state index in [-0.39, 0.29) is 32.1 Å². The predicted octanol–water partition coefficient (Wildman–Crippen LogP) is 1.28. The Morgan fingerprint density at radius 3 is 2.86 bits per heavy atom. The molecule has 0 spiro atoms. The third-order valence-electron chi connectivity index (χ3n) is 6.35. The van der Waals surface area contributed by atoms with Gasteiger partial charge >= 0.3 is 6.09 Å². The van der Waals surface area contributed by atoms with Crippen molar-refractivity contribution < 1.29 is 34.1 Å².